The number of carbonyl (C=O) groups excluding carboxylic acids is 2. The summed E-state index contributed by atoms with van der Waals surface area (Å²) in [4.78, 5) is 40.6. The normalized spacial score (nSPS) is 20.1. The maximum Gasteiger partial charge on any atom is 0.307 e. The van der Waals surface area contributed by atoms with Crippen LogP contribution in [0.5, 0.6) is 0 Å². The molecule has 2 saturated heterocycles. The van der Waals surface area contributed by atoms with Gasteiger partial charge in [0.1, 0.15) is 12.1 Å². The molecule has 0 spiro atoms. The number of para-hydroxylation sites is 1. The van der Waals surface area contributed by atoms with Crippen LogP contribution in [0.4, 0.5) is 5.69 Å². The van der Waals surface area contributed by atoms with Crippen LogP contribution in [0.25, 0.3) is 0 Å². The zero-order valence-electron chi connectivity index (χ0n) is 19.4. The molecule has 0 bridgehead atoms. The van der Waals surface area contributed by atoms with Crippen LogP contribution in [-0.2, 0) is 20.8 Å². The van der Waals surface area contributed by atoms with Gasteiger partial charge in [0.2, 0.25) is 17.8 Å². The summed E-state index contributed by atoms with van der Waals surface area (Å²) in [6, 6.07) is 5.90. The third kappa shape index (κ3) is 6.30. The molecule has 2 aliphatic rings. The molecule has 2 amide bonds. The van der Waals surface area contributed by atoms with Gasteiger partial charge < -0.3 is 36.5 Å². The minimum Gasteiger partial charge on any atom is -0.481 e. The number of amides is 2. The molecular weight excluding hydrogens is 440 g/mol. The van der Waals surface area contributed by atoms with E-state index in [-0.39, 0.29) is 24.2 Å². The summed E-state index contributed by atoms with van der Waals surface area (Å²) in [7, 11) is 0. The summed E-state index contributed by atoms with van der Waals surface area (Å²) < 4.78 is 0. The Morgan fingerprint density at radius 1 is 1.18 bits per heavy atom. The lowest BCUT2D eigenvalue weighted by Gasteiger charge is -2.32. The zero-order valence-corrected chi connectivity index (χ0v) is 19.4. The average molecular weight is 475 g/mol. The minimum absolute atomic E-state index is 0.107. The summed E-state index contributed by atoms with van der Waals surface area (Å²) in [5, 5.41) is 27.1. The standard InChI is InChI=1S/C23H34N6O5/c1-15(26-18-6-3-2-5-17(18)13-20(30)31)22(33)29-10-4-7-19(29)21(32)25-14-16-8-11-28(12-9-16)23(24)27-34/h2-3,5-6,15-16,19,26,34H,4,7-14H2,1H3,(H2,24,27)(H,25,32)(H,30,31)/t15?,19-/m0/s1. The summed E-state index contributed by atoms with van der Waals surface area (Å²) in [6.07, 6.45) is 2.87. The molecule has 0 aliphatic carbocycles. The highest BCUT2D eigenvalue weighted by Crippen LogP contribution is 2.22. The predicted molar refractivity (Wildman–Crippen MR) is 126 cm³/mol. The second kappa shape index (κ2) is 11.6. The van der Waals surface area contributed by atoms with Crippen molar-refractivity contribution in [2.24, 2.45) is 16.8 Å². The summed E-state index contributed by atoms with van der Waals surface area (Å²) in [6.45, 7) is 4.09. The molecule has 1 unspecified atom stereocenters. The second-order valence-electron chi connectivity index (χ2n) is 8.92. The van der Waals surface area contributed by atoms with Crippen LogP contribution in [0.2, 0.25) is 0 Å². The Morgan fingerprint density at radius 3 is 2.56 bits per heavy atom. The Bertz CT molecular complexity index is 915. The van der Waals surface area contributed by atoms with Crippen molar-refractivity contribution in [2.75, 3.05) is 31.5 Å². The van der Waals surface area contributed by atoms with Gasteiger partial charge in [-0.15, -0.1) is 0 Å². The van der Waals surface area contributed by atoms with Gasteiger partial charge in [-0.2, -0.15) is 0 Å². The van der Waals surface area contributed by atoms with E-state index in [9.17, 15) is 14.4 Å². The minimum atomic E-state index is -0.944. The third-order valence-corrected chi connectivity index (χ3v) is 6.55. The van der Waals surface area contributed by atoms with E-state index >= 15 is 0 Å². The lowest BCUT2D eigenvalue weighted by atomic mass is 9.97. The van der Waals surface area contributed by atoms with Crippen molar-refractivity contribution in [3.8, 4) is 0 Å². The molecule has 2 atom stereocenters. The van der Waals surface area contributed by atoms with Gasteiger partial charge in [0.25, 0.3) is 0 Å². The summed E-state index contributed by atoms with van der Waals surface area (Å²) in [5.74, 6) is -0.877. The van der Waals surface area contributed by atoms with E-state index in [1.165, 1.54) is 0 Å². The van der Waals surface area contributed by atoms with Crippen molar-refractivity contribution in [2.45, 2.75) is 51.1 Å². The number of nitrogens with one attached hydrogen (secondary N) is 2. The molecule has 1 aromatic rings. The van der Waals surface area contributed by atoms with Crippen LogP contribution in [0.3, 0.4) is 0 Å². The largest absolute Gasteiger partial charge is 0.481 e. The lowest BCUT2D eigenvalue weighted by molar-refractivity contribution is -0.138. The highest BCUT2D eigenvalue weighted by atomic mass is 16.4. The van der Waals surface area contributed by atoms with Gasteiger partial charge >= 0.3 is 5.97 Å². The van der Waals surface area contributed by atoms with Gasteiger partial charge in [-0.3, -0.25) is 14.4 Å². The van der Waals surface area contributed by atoms with Crippen molar-refractivity contribution in [3.63, 3.8) is 0 Å². The van der Waals surface area contributed by atoms with Gasteiger partial charge in [-0.05, 0) is 50.2 Å². The molecule has 11 heteroatoms. The van der Waals surface area contributed by atoms with E-state index in [1.54, 1.807) is 41.0 Å². The van der Waals surface area contributed by atoms with Gasteiger partial charge in [0, 0.05) is 31.9 Å². The van der Waals surface area contributed by atoms with Crippen LogP contribution >= 0.6 is 0 Å². The molecule has 186 valence electrons. The number of nitrogens with zero attached hydrogens (tertiary/aromatic N) is 3. The zero-order chi connectivity index (χ0) is 24.7. The highest BCUT2D eigenvalue weighted by molar-refractivity contribution is 5.91. The molecule has 6 N–H and O–H groups in total. The Morgan fingerprint density at radius 2 is 1.88 bits per heavy atom. The molecule has 2 aliphatic heterocycles. The first-order valence-corrected chi connectivity index (χ1v) is 11.7. The molecule has 0 saturated carbocycles. The second-order valence-corrected chi connectivity index (χ2v) is 8.92. The summed E-state index contributed by atoms with van der Waals surface area (Å²) in [5.41, 5.74) is 6.83. The topological polar surface area (TPSA) is 161 Å². The molecule has 3 rings (SSSR count). The van der Waals surface area contributed by atoms with Gasteiger partial charge in [0.05, 0.1) is 6.42 Å². The number of anilines is 1. The van der Waals surface area contributed by atoms with E-state index < -0.39 is 18.1 Å². The first-order valence-electron chi connectivity index (χ1n) is 11.7. The Kier molecular flexibility index (Phi) is 8.55. The monoisotopic (exact) mass is 474 g/mol. The number of nitrogens with two attached hydrogens (primary N) is 1. The maximum absolute atomic E-state index is 13.2. The van der Waals surface area contributed by atoms with E-state index in [2.05, 4.69) is 15.8 Å². The van der Waals surface area contributed by atoms with Crippen molar-refractivity contribution < 1.29 is 24.7 Å². The Hall–Kier alpha value is -3.50. The Labute approximate surface area is 199 Å². The average Bonchev–Trinajstić information content (AvgIpc) is 3.33. The molecule has 1 aromatic carbocycles. The van der Waals surface area contributed by atoms with Crippen LogP contribution in [0, 0.1) is 5.92 Å². The number of carbonyl (C=O) groups is 3. The van der Waals surface area contributed by atoms with Crippen molar-refractivity contribution in [1.82, 2.24) is 15.1 Å². The van der Waals surface area contributed by atoms with Crippen LogP contribution in [-0.4, -0.2) is 82.1 Å². The number of carboxylic acids is 1. The number of hydrogen-bond donors (Lipinski definition) is 5. The number of hydrogen-bond acceptors (Lipinski definition) is 6. The number of oxime groups is 1. The van der Waals surface area contributed by atoms with Crippen molar-refractivity contribution in [1.29, 1.82) is 0 Å². The van der Waals surface area contributed by atoms with E-state index in [1.807, 2.05) is 0 Å². The number of benzene rings is 1. The van der Waals surface area contributed by atoms with E-state index in [4.69, 9.17) is 16.0 Å². The molecule has 34 heavy (non-hydrogen) atoms. The van der Waals surface area contributed by atoms with E-state index in [0.717, 1.165) is 19.3 Å². The van der Waals surface area contributed by atoms with Crippen LogP contribution in [0.1, 0.15) is 38.2 Å². The molecule has 0 aromatic heterocycles. The van der Waals surface area contributed by atoms with Crippen molar-refractivity contribution >= 4 is 29.4 Å². The fraction of sp³-hybridized carbons (Fsp3) is 0.565. The molecular formula is C23H34N6O5. The van der Waals surface area contributed by atoms with Gasteiger partial charge in [-0.1, -0.05) is 23.4 Å². The third-order valence-electron chi connectivity index (χ3n) is 6.55. The number of rotatable bonds is 8. The Balaban J connectivity index is 1.53. The predicted octanol–water partition coefficient (Wildman–Crippen LogP) is 0.637. The SMILES string of the molecule is CC(Nc1ccccc1CC(=O)O)C(=O)N1CCC[C@H]1C(=O)NCC1CCN(/C(N)=N\O)CC1. The van der Waals surface area contributed by atoms with E-state index in [0.29, 0.717) is 49.8 Å². The highest BCUT2D eigenvalue weighted by Gasteiger charge is 2.36. The smallest absolute Gasteiger partial charge is 0.307 e. The van der Waals surface area contributed by atoms with Crippen LogP contribution < -0.4 is 16.4 Å². The number of aliphatic carboxylic acids is 1. The number of likely N-dealkylation sites (tertiary alicyclic amines) is 2. The first kappa shape index (κ1) is 25.1. The number of carboxylic acid groups (broad SMARTS) is 1. The number of guanidine groups is 1. The molecule has 0 radical (unpaired) electrons. The fourth-order valence-electron chi connectivity index (χ4n) is 4.62. The number of piperidine rings is 1. The molecule has 2 fully saturated rings. The van der Waals surface area contributed by atoms with Crippen LogP contribution in [0.15, 0.2) is 29.4 Å². The lowest BCUT2D eigenvalue weighted by Crippen LogP contribution is -2.51. The molecule has 2 heterocycles. The quantitative estimate of drug-likeness (QED) is 0.159. The van der Waals surface area contributed by atoms with Gasteiger partial charge in [-0.25, -0.2) is 0 Å². The van der Waals surface area contributed by atoms with Crippen molar-refractivity contribution in [3.05, 3.63) is 29.8 Å². The summed E-state index contributed by atoms with van der Waals surface area (Å²) >= 11 is 0. The van der Waals surface area contributed by atoms with Gasteiger partial charge in [0.15, 0.2) is 0 Å². The maximum atomic E-state index is 13.2. The first-order chi connectivity index (χ1) is 16.3. The fourth-order valence-corrected chi connectivity index (χ4v) is 4.62. The molecule has 11 nitrogen and oxygen atoms in total.